The minimum absolute atomic E-state index is 0.307. The van der Waals surface area contributed by atoms with Crippen molar-refractivity contribution in [1.82, 2.24) is 0 Å². The van der Waals surface area contributed by atoms with Crippen molar-refractivity contribution >= 4 is 34.7 Å². The lowest BCUT2D eigenvalue weighted by Gasteiger charge is -2.11. The fraction of sp³-hybridized carbons (Fsp3) is 0.176. The molecule has 0 unspecified atom stereocenters. The number of hydrogen-bond acceptors (Lipinski definition) is 3. The number of ether oxygens (including phenoxy) is 1. The van der Waals surface area contributed by atoms with Crippen LogP contribution in [0.4, 0.5) is 11.4 Å². The number of anilines is 2. The van der Waals surface area contributed by atoms with Crippen LogP contribution >= 0.6 is 12.2 Å². The lowest BCUT2D eigenvalue weighted by Crippen LogP contribution is -2.19. The molecule has 5 heteroatoms. The second-order valence-corrected chi connectivity index (χ2v) is 5.07. The van der Waals surface area contributed by atoms with Crippen molar-refractivity contribution in [3.8, 4) is 0 Å². The highest BCUT2D eigenvalue weighted by Gasteiger charge is 2.06. The molecular weight excluding hydrogens is 296 g/mol. The summed E-state index contributed by atoms with van der Waals surface area (Å²) in [6.07, 6.45) is 0.810. The lowest BCUT2D eigenvalue weighted by molar-refractivity contribution is 0.0505. The van der Waals surface area contributed by atoms with E-state index in [0.29, 0.717) is 17.3 Å². The van der Waals surface area contributed by atoms with Crippen molar-refractivity contribution in [2.75, 3.05) is 17.2 Å². The molecule has 0 atom stereocenters. The summed E-state index contributed by atoms with van der Waals surface area (Å²) in [5, 5.41) is 6.65. The van der Waals surface area contributed by atoms with Crippen molar-refractivity contribution in [3.63, 3.8) is 0 Å². The molecule has 114 valence electrons. The van der Waals surface area contributed by atoms with Crippen LogP contribution in [0, 0.1) is 0 Å². The normalized spacial score (nSPS) is 9.86. The van der Waals surface area contributed by atoms with Gasteiger partial charge in [-0.1, -0.05) is 25.1 Å². The molecule has 0 saturated carbocycles. The molecule has 0 heterocycles. The molecule has 2 aromatic rings. The molecule has 2 rings (SSSR count). The van der Waals surface area contributed by atoms with Crippen molar-refractivity contribution in [2.24, 2.45) is 0 Å². The quantitative estimate of drug-likeness (QED) is 0.644. The van der Waals surface area contributed by atoms with Gasteiger partial charge in [0, 0.05) is 11.4 Å². The Bertz CT molecular complexity index is 627. The van der Waals surface area contributed by atoms with Crippen molar-refractivity contribution in [2.45, 2.75) is 13.3 Å². The molecule has 4 nitrogen and oxygen atoms in total. The van der Waals surface area contributed by atoms with Crippen LogP contribution in [0.1, 0.15) is 23.7 Å². The predicted octanol–water partition coefficient (Wildman–Crippen LogP) is 4.06. The van der Waals surface area contributed by atoms with E-state index in [9.17, 15) is 4.79 Å². The first-order valence-electron chi connectivity index (χ1n) is 7.09. The molecule has 0 bridgehead atoms. The van der Waals surface area contributed by atoms with E-state index in [1.807, 2.05) is 37.3 Å². The van der Waals surface area contributed by atoms with Crippen LogP contribution in [0.25, 0.3) is 0 Å². The smallest absolute Gasteiger partial charge is 0.338 e. The molecule has 0 saturated heterocycles. The van der Waals surface area contributed by atoms with Gasteiger partial charge in [0.05, 0.1) is 12.2 Å². The van der Waals surface area contributed by atoms with Crippen LogP contribution < -0.4 is 10.6 Å². The highest BCUT2D eigenvalue weighted by molar-refractivity contribution is 7.80. The molecule has 0 fully saturated rings. The van der Waals surface area contributed by atoms with Gasteiger partial charge in [-0.15, -0.1) is 0 Å². The van der Waals surface area contributed by atoms with Gasteiger partial charge in [-0.3, -0.25) is 0 Å². The number of carbonyl (C=O) groups is 1. The van der Waals surface area contributed by atoms with Gasteiger partial charge in [-0.2, -0.15) is 0 Å². The third-order valence-corrected chi connectivity index (χ3v) is 3.05. The fourth-order valence-electron chi connectivity index (χ4n) is 1.78. The van der Waals surface area contributed by atoms with E-state index in [4.69, 9.17) is 17.0 Å². The molecule has 0 radical (unpaired) electrons. The van der Waals surface area contributed by atoms with E-state index >= 15 is 0 Å². The van der Waals surface area contributed by atoms with Gasteiger partial charge < -0.3 is 15.4 Å². The fourth-order valence-corrected chi connectivity index (χ4v) is 2.02. The van der Waals surface area contributed by atoms with Gasteiger partial charge in [-0.05, 0) is 55.0 Å². The monoisotopic (exact) mass is 314 g/mol. The van der Waals surface area contributed by atoms with Gasteiger partial charge in [0.1, 0.15) is 0 Å². The van der Waals surface area contributed by atoms with Gasteiger partial charge in [-0.25, -0.2) is 4.79 Å². The number of thiocarbonyl (C=S) groups is 1. The summed E-state index contributed by atoms with van der Waals surface area (Å²) in [5.74, 6) is -0.307. The Balaban J connectivity index is 1.90. The molecule has 0 aromatic heterocycles. The molecule has 0 aliphatic carbocycles. The molecule has 0 aliphatic heterocycles. The maximum absolute atomic E-state index is 11.7. The molecule has 2 aromatic carbocycles. The Kier molecular flexibility index (Phi) is 5.91. The summed E-state index contributed by atoms with van der Waals surface area (Å²) in [7, 11) is 0. The minimum Gasteiger partial charge on any atom is -0.462 e. The van der Waals surface area contributed by atoms with Crippen LogP contribution in [0.5, 0.6) is 0 Å². The second kappa shape index (κ2) is 8.14. The number of nitrogens with one attached hydrogen (secondary N) is 2. The summed E-state index contributed by atoms with van der Waals surface area (Å²) in [6.45, 7) is 2.39. The number of benzene rings is 2. The Hall–Kier alpha value is -2.40. The Labute approximate surface area is 135 Å². The first-order valence-corrected chi connectivity index (χ1v) is 7.50. The number of carbonyl (C=O) groups excluding carboxylic acids is 1. The van der Waals surface area contributed by atoms with Gasteiger partial charge >= 0.3 is 5.97 Å². The van der Waals surface area contributed by atoms with E-state index in [2.05, 4.69) is 10.6 Å². The average Bonchev–Trinajstić information content (AvgIpc) is 2.54. The highest BCUT2D eigenvalue weighted by Crippen LogP contribution is 2.12. The maximum atomic E-state index is 11.7. The third kappa shape index (κ3) is 4.86. The van der Waals surface area contributed by atoms with Crippen LogP contribution in [-0.2, 0) is 4.74 Å². The maximum Gasteiger partial charge on any atom is 0.338 e. The van der Waals surface area contributed by atoms with E-state index < -0.39 is 0 Å². The third-order valence-electron chi connectivity index (χ3n) is 2.85. The second-order valence-electron chi connectivity index (χ2n) is 4.66. The Morgan fingerprint density at radius 3 is 2.18 bits per heavy atom. The van der Waals surface area contributed by atoms with Crippen LogP contribution in [0.3, 0.4) is 0 Å². The first-order chi connectivity index (χ1) is 10.7. The zero-order valence-corrected chi connectivity index (χ0v) is 13.2. The zero-order chi connectivity index (χ0) is 15.8. The number of esters is 1. The standard InChI is InChI=1S/C17H18N2O2S/c1-2-12-21-16(20)13-8-10-15(11-9-13)19-17(22)18-14-6-4-3-5-7-14/h3-11H,2,12H2,1H3,(H2,18,19,22). The summed E-state index contributed by atoms with van der Waals surface area (Å²) < 4.78 is 5.08. The van der Waals surface area contributed by atoms with Crippen LogP contribution in [-0.4, -0.2) is 17.7 Å². The van der Waals surface area contributed by atoms with Crippen LogP contribution in [0.2, 0.25) is 0 Å². The minimum atomic E-state index is -0.307. The van der Waals surface area contributed by atoms with Gasteiger partial charge in [0.25, 0.3) is 0 Å². The largest absolute Gasteiger partial charge is 0.462 e. The van der Waals surface area contributed by atoms with E-state index in [1.165, 1.54) is 0 Å². The summed E-state index contributed by atoms with van der Waals surface area (Å²) in [6, 6.07) is 16.7. The molecular formula is C17H18N2O2S. The van der Waals surface area contributed by atoms with E-state index in [-0.39, 0.29) is 5.97 Å². The molecule has 0 spiro atoms. The Morgan fingerprint density at radius 2 is 1.59 bits per heavy atom. The molecule has 2 N–H and O–H groups in total. The molecule has 0 aliphatic rings. The van der Waals surface area contributed by atoms with E-state index in [1.54, 1.807) is 24.3 Å². The summed E-state index contributed by atoms with van der Waals surface area (Å²) >= 11 is 5.25. The van der Waals surface area contributed by atoms with E-state index in [0.717, 1.165) is 17.8 Å². The summed E-state index contributed by atoms with van der Waals surface area (Å²) in [5.41, 5.74) is 2.25. The SMILES string of the molecule is CCCOC(=O)c1ccc(NC(=S)Nc2ccccc2)cc1. The molecule has 22 heavy (non-hydrogen) atoms. The molecule has 0 amide bonds. The van der Waals surface area contributed by atoms with Crippen molar-refractivity contribution < 1.29 is 9.53 Å². The summed E-state index contributed by atoms with van der Waals surface area (Å²) in [4.78, 5) is 11.7. The van der Waals surface area contributed by atoms with Gasteiger partial charge in [0.15, 0.2) is 5.11 Å². The van der Waals surface area contributed by atoms with Crippen molar-refractivity contribution in [3.05, 3.63) is 60.2 Å². The van der Waals surface area contributed by atoms with Crippen LogP contribution in [0.15, 0.2) is 54.6 Å². The van der Waals surface area contributed by atoms with Crippen molar-refractivity contribution in [1.29, 1.82) is 0 Å². The number of rotatable bonds is 5. The number of hydrogen-bond donors (Lipinski definition) is 2. The highest BCUT2D eigenvalue weighted by atomic mass is 32.1. The number of para-hydroxylation sites is 1. The van der Waals surface area contributed by atoms with Gasteiger partial charge in [0.2, 0.25) is 0 Å². The lowest BCUT2D eigenvalue weighted by atomic mass is 10.2. The first kappa shape index (κ1) is 16.0. The zero-order valence-electron chi connectivity index (χ0n) is 12.3. The predicted molar refractivity (Wildman–Crippen MR) is 93.3 cm³/mol. The average molecular weight is 314 g/mol. The topological polar surface area (TPSA) is 50.4 Å². The Morgan fingerprint density at radius 1 is 1.00 bits per heavy atom.